The molecule has 3 nitrogen and oxygen atoms in total. The van der Waals surface area contributed by atoms with Crippen molar-refractivity contribution in [3.05, 3.63) is 58.6 Å². The van der Waals surface area contributed by atoms with Gasteiger partial charge in [0.2, 0.25) is 5.90 Å². The molecule has 4 heteroatoms. The third-order valence-corrected chi connectivity index (χ3v) is 3.04. The molecule has 0 aromatic heterocycles. The summed E-state index contributed by atoms with van der Waals surface area (Å²) in [5.41, 5.74) is 0.719. The Bertz CT molecular complexity index is 552. The number of rotatable bonds is 3. The molecule has 0 amide bonds. The lowest BCUT2D eigenvalue weighted by Crippen LogP contribution is -2.00. The van der Waals surface area contributed by atoms with Crippen LogP contribution >= 0.6 is 15.9 Å². The van der Waals surface area contributed by atoms with Crippen LogP contribution in [0.1, 0.15) is 5.56 Å². The highest BCUT2D eigenvalue weighted by Gasteiger charge is 2.03. The molecular weight excluding hydrogens is 294 g/mol. The van der Waals surface area contributed by atoms with E-state index in [0.717, 1.165) is 21.5 Å². The maximum absolute atomic E-state index is 7.53. The van der Waals surface area contributed by atoms with Crippen molar-refractivity contribution < 1.29 is 9.47 Å². The Labute approximate surface area is 114 Å². The van der Waals surface area contributed by atoms with Crippen LogP contribution < -0.4 is 4.74 Å². The molecule has 0 heterocycles. The highest BCUT2D eigenvalue weighted by molar-refractivity contribution is 9.10. The second-order valence-electron chi connectivity index (χ2n) is 3.59. The molecule has 0 bridgehead atoms. The molecule has 0 spiro atoms. The number of ether oxygens (including phenoxy) is 2. The van der Waals surface area contributed by atoms with Crippen molar-refractivity contribution in [2.24, 2.45) is 0 Å². The molecule has 0 saturated heterocycles. The molecular formula is C14H12BrNO2. The molecule has 0 aliphatic carbocycles. The molecule has 18 heavy (non-hydrogen) atoms. The Morgan fingerprint density at radius 2 is 1.72 bits per heavy atom. The summed E-state index contributed by atoms with van der Waals surface area (Å²) < 4.78 is 11.5. The molecule has 0 aliphatic heterocycles. The molecule has 0 atom stereocenters. The molecule has 0 fully saturated rings. The number of hydrogen-bond donors (Lipinski definition) is 1. The van der Waals surface area contributed by atoms with Crippen molar-refractivity contribution in [3.63, 3.8) is 0 Å². The molecule has 1 N–H and O–H groups in total. The first kappa shape index (κ1) is 12.6. The smallest absolute Gasteiger partial charge is 0.212 e. The highest BCUT2D eigenvalue weighted by atomic mass is 79.9. The van der Waals surface area contributed by atoms with E-state index in [4.69, 9.17) is 14.9 Å². The third-order valence-electron chi connectivity index (χ3n) is 2.39. The minimum absolute atomic E-state index is 0.141. The number of benzene rings is 2. The summed E-state index contributed by atoms with van der Waals surface area (Å²) in [5, 5.41) is 7.53. The average Bonchev–Trinajstić information content (AvgIpc) is 2.41. The molecule has 2 aromatic carbocycles. The van der Waals surface area contributed by atoms with E-state index in [-0.39, 0.29) is 5.90 Å². The standard InChI is InChI=1S/C14H12BrNO2/c1-17-14(16)10-6-8-11(9-7-10)18-13-5-3-2-4-12(13)15/h2-9,16H,1H3. The number of nitrogens with one attached hydrogen (secondary N) is 1. The zero-order chi connectivity index (χ0) is 13.0. The van der Waals surface area contributed by atoms with E-state index < -0.39 is 0 Å². The topological polar surface area (TPSA) is 42.3 Å². The summed E-state index contributed by atoms with van der Waals surface area (Å²) >= 11 is 3.42. The Morgan fingerprint density at radius 1 is 1.06 bits per heavy atom. The number of halogens is 1. The van der Waals surface area contributed by atoms with E-state index in [0.29, 0.717) is 0 Å². The van der Waals surface area contributed by atoms with E-state index in [1.54, 1.807) is 12.1 Å². The van der Waals surface area contributed by atoms with Crippen molar-refractivity contribution in [2.45, 2.75) is 0 Å². The van der Waals surface area contributed by atoms with Gasteiger partial charge < -0.3 is 9.47 Å². The first-order valence-corrected chi connectivity index (χ1v) is 6.15. The van der Waals surface area contributed by atoms with Crippen LogP contribution in [0.3, 0.4) is 0 Å². The van der Waals surface area contributed by atoms with E-state index in [1.165, 1.54) is 7.11 Å². The number of methoxy groups -OCH3 is 1. The Hall–Kier alpha value is -1.81. The Balaban J connectivity index is 2.16. The first-order chi connectivity index (χ1) is 8.70. The second-order valence-corrected chi connectivity index (χ2v) is 4.44. The van der Waals surface area contributed by atoms with Crippen LogP contribution in [-0.4, -0.2) is 13.0 Å². The van der Waals surface area contributed by atoms with Gasteiger partial charge in [0.15, 0.2) is 0 Å². The lowest BCUT2D eigenvalue weighted by atomic mass is 10.2. The molecule has 2 rings (SSSR count). The molecule has 0 aliphatic rings. The fourth-order valence-corrected chi connectivity index (χ4v) is 1.81. The van der Waals surface area contributed by atoms with Gasteiger partial charge in [-0.15, -0.1) is 0 Å². The van der Waals surface area contributed by atoms with E-state index in [2.05, 4.69) is 15.9 Å². The van der Waals surface area contributed by atoms with Gasteiger partial charge in [-0.25, -0.2) is 0 Å². The van der Waals surface area contributed by atoms with Gasteiger partial charge in [0.25, 0.3) is 0 Å². The fourth-order valence-electron chi connectivity index (χ4n) is 1.45. The van der Waals surface area contributed by atoms with Crippen LogP contribution in [0.4, 0.5) is 0 Å². The van der Waals surface area contributed by atoms with Crippen LogP contribution in [0.25, 0.3) is 0 Å². The monoisotopic (exact) mass is 305 g/mol. The SMILES string of the molecule is COC(=N)c1ccc(Oc2ccccc2Br)cc1. The first-order valence-electron chi connectivity index (χ1n) is 5.36. The Morgan fingerprint density at radius 3 is 2.33 bits per heavy atom. The van der Waals surface area contributed by atoms with Gasteiger partial charge in [0, 0.05) is 5.56 Å². The van der Waals surface area contributed by atoms with Gasteiger partial charge in [-0.1, -0.05) is 12.1 Å². The molecule has 92 valence electrons. The van der Waals surface area contributed by atoms with Crippen molar-refractivity contribution in [1.29, 1.82) is 5.41 Å². The summed E-state index contributed by atoms with van der Waals surface area (Å²) in [6, 6.07) is 14.8. The highest BCUT2D eigenvalue weighted by Crippen LogP contribution is 2.29. The normalized spacial score (nSPS) is 9.89. The predicted octanol–water partition coefficient (Wildman–Crippen LogP) is 4.21. The quantitative estimate of drug-likeness (QED) is 0.681. The van der Waals surface area contributed by atoms with Crippen molar-refractivity contribution in [3.8, 4) is 11.5 Å². The van der Waals surface area contributed by atoms with Gasteiger partial charge >= 0.3 is 0 Å². The van der Waals surface area contributed by atoms with Crippen LogP contribution in [0.5, 0.6) is 11.5 Å². The van der Waals surface area contributed by atoms with Gasteiger partial charge in [0.05, 0.1) is 11.6 Å². The minimum atomic E-state index is 0.141. The lowest BCUT2D eigenvalue weighted by molar-refractivity contribution is 0.401. The maximum atomic E-state index is 7.53. The predicted molar refractivity (Wildman–Crippen MR) is 74.5 cm³/mol. The van der Waals surface area contributed by atoms with Gasteiger partial charge in [0.1, 0.15) is 11.5 Å². The minimum Gasteiger partial charge on any atom is -0.481 e. The number of hydrogen-bond acceptors (Lipinski definition) is 3. The van der Waals surface area contributed by atoms with Crippen LogP contribution in [0.2, 0.25) is 0 Å². The second kappa shape index (κ2) is 5.69. The molecule has 0 radical (unpaired) electrons. The van der Waals surface area contributed by atoms with Gasteiger partial charge in [-0.3, -0.25) is 5.41 Å². The summed E-state index contributed by atoms with van der Waals surface area (Å²) in [6.45, 7) is 0. The number of para-hydroxylation sites is 1. The fraction of sp³-hybridized carbons (Fsp3) is 0.0714. The van der Waals surface area contributed by atoms with Crippen LogP contribution in [-0.2, 0) is 4.74 Å². The van der Waals surface area contributed by atoms with Crippen LogP contribution in [0, 0.1) is 5.41 Å². The van der Waals surface area contributed by atoms with Gasteiger partial charge in [-0.2, -0.15) is 0 Å². The van der Waals surface area contributed by atoms with Crippen LogP contribution in [0.15, 0.2) is 53.0 Å². The average molecular weight is 306 g/mol. The van der Waals surface area contributed by atoms with Crippen molar-refractivity contribution >= 4 is 21.8 Å². The zero-order valence-electron chi connectivity index (χ0n) is 9.81. The summed E-state index contributed by atoms with van der Waals surface area (Å²) in [7, 11) is 1.48. The summed E-state index contributed by atoms with van der Waals surface area (Å²) in [4.78, 5) is 0. The van der Waals surface area contributed by atoms with Crippen molar-refractivity contribution in [2.75, 3.05) is 7.11 Å². The molecule has 0 unspecified atom stereocenters. The summed E-state index contributed by atoms with van der Waals surface area (Å²) in [6.07, 6.45) is 0. The van der Waals surface area contributed by atoms with Crippen molar-refractivity contribution in [1.82, 2.24) is 0 Å². The van der Waals surface area contributed by atoms with Gasteiger partial charge in [-0.05, 0) is 52.3 Å². The molecule has 0 saturated carbocycles. The maximum Gasteiger partial charge on any atom is 0.212 e. The molecule has 2 aromatic rings. The zero-order valence-corrected chi connectivity index (χ0v) is 11.4. The lowest BCUT2D eigenvalue weighted by Gasteiger charge is -2.08. The Kier molecular flexibility index (Phi) is 3.99. The van der Waals surface area contributed by atoms with E-state index in [1.807, 2.05) is 36.4 Å². The summed E-state index contributed by atoms with van der Waals surface area (Å²) in [5.74, 6) is 1.61. The van der Waals surface area contributed by atoms with E-state index in [9.17, 15) is 0 Å². The van der Waals surface area contributed by atoms with E-state index >= 15 is 0 Å². The largest absolute Gasteiger partial charge is 0.481 e. The third kappa shape index (κ3) is 2.90.